The van der Waals surface area contributed by atoms with E-state index in [0.717, 1.165) is 0 Å². The van der Waals surface area contributed by atoms with E-state index >= 15 is 0 Å². The molecule has 3 N–H and O–H groups in total. The highest BCUT2D eigenvalue weighted by molar-refractivity contribution is 5.94. The largest absolute Gasteiger partial charge is 0.481 e. The summed E-state index contributed by atoms with van der Waals surface area (Å²) >= 11 is 0. The van der Waals surface area contributed by atoms with Gasteiger partial charge in [0.15, 0.2) is 0 Å². The van der Waals surface area contributed by atoms with Gasteiger partial charge in [-0.15, -0.1) is 0 Å². The highest BCUT2D eigenvalue weighted by Gasteiger charge is 2.33. The first-order valence-corrected chi connectivity index (χ1v) is 6.34. The van der Waals surface area contributed by atoms with Crippen molar-refractivity contribution in [3.63, 3.8) is 0 Å². The third kappa shape index (κ3) is 3.14. The molecular weight excluding hydrogens is 262 g/mol. The number of nitrogens with one attached hydrogen (secondary N) is 1. The molecule has 6 nitrogen and oxygen atoms in total. The number of hydrogen-bond donors (Lipinski definition) is 3. The van der Waals surface area contributed by atoms with Crippen LogP contribution >= 0.6 is 0 Å². The third-order valence-corrected chi connectivity index (χ3v) is 3.55. The van der Waals surface area contributed by atoms with Crippen molar-refractivity contribution >= 4 is 23.5 Å². The van der Waals surface area contributed by atoms with E-state index in [1.807, 2.05) is 0 Å². The molecule has 106 valence electrons. The molecule has 1 saturated carbocycles. The Balaban J connectivity index is 1.95. The zero-order valence-corrected chi connectivity index (χ0v) is 10.7. The number of rotatable bonds is 4. The highest BCUT2D eigenvalue weighted by Crippen LogP contribution is 2.31. The Labute approximate surface area is 115 Å². The fourth-order valence-electron chi connectivity index (χ4n) is 2.38. The zero-order valence-electron chi connectivity index (χ0n) is 10.7. The molecule has 0 heterocycles. The fourth-order valence-corrected chi connectivity index (χ4v) is 2.38. The topological polar surface area (TPSA) is 104 Å². The lowest BCUT2D eigenvalue weighted by Crippen LogP contribution is -2.21. The van der Waals surface area contributed by atoms with Crippen LogP contribution in [0.25, 0.3) is 0 Å². The van der Waals surface area contributed by atoms with Gasteiger partial charge in [-0.25, -0.2) is 4.79 Å². The number of carbonyl (C=O) groups excluding carboxylic acids is 1. The van der Waals surface area contributed by atoms with Crippen LogP contribution in [0, 0.1) is 11.8 Å². The normalized spacial score (nSPS) is 21.4. The minimum absolute atomic E-state index is 0.148. The van der Waals surface area contributed by atoms with Gasteiger partial charge in [0.1, 0.15) is 0 Å². The van der Waals surface area contributed by atoms with Crippen LogP contribution in [0.15, 0.2) is 24.3 Å². The molecule has 0 saturated heterocycles. The maximum Gasteiger partial charge on any atom is 0.335 e. The first-order valence-electron chi connectivity index (χ1n) is 6.34. The lowest BCUT2D eigenvalue weighted by Gasteiger charge is -2.10. The second kappa shape index (κ2) is 5.73. The zero-order chi connectivity index (χ0) is 14.7. The Bertz CT molecular complexity index is 537. The number of benzene rings is 1. The van der Waals surface area contributed by atoms with Crippen molar-refractivity contribution in [3.05, 3.63) is 29.8 Å². The third-order valence-electron chi connectivity index (χ3n) is 3.55. The monoisotopic (exact) mass is 277 g/mol. The molecule has 1 aliphatic rings. The van der Waals surface area contributed by atoms with E-state index in [-0.39, 0.29) is 17.4 Å². The number of carboxylic acids is 2. The summed E-state index contributed by atoms with van der Waals surface area (Å²) in [6.45, 7) is 0. The molecule has 0 bridgehead atoms. The van der Waals surface area contributed by atoms with Crippen molar-refractivity contribution in [3.8, 4) is 0 Å². The van der Waals surface area contributed by atoms with Gasteiger partial charge in [0.05, 0.1) is 11.5 Å². The average molecular weight is 277 g/mol. The van der Waals surface area contributed by atoms with Crippen LogP contribution in [0.5, 0.6) is 0 Å². The molecule has 0 aromatic heterocycles. The quantitative estimate of drug-likeness (QED) is 0.778. The molecule has 0 aliphatic heterocycles. The summed E-state index contributed by atoms with van der Waals surface area (Å²) in [6, 6.07) is 5.86. The summed E-state index contributed by atoms with van der Waals surface area (Å²) < 4.78 is 0. The standard InChI is InChI=1S/C14H15NO5/c16-12(9-1-2-10(7-9)14(19)20)15-11-5-3-8(4-6-11)13(17)18/h3-6,9-10H,1-2,7H2,(H,15,16)(H,17,18)(H,19,20). The Morgan fingerprint density at radius 3 is 2.10 bits per heavy atom. The van der Waals surface area contributed by atoms with Crippen molar-refractivity contribution in [1.82, 2.24) is 0 Å². The van der Waals surface area contributed by atoms with Crippen molar-refractivity contribution in [2.24, 2.45) is 11.8 Å². The lowest BCUT2D eigenvalue weighted by molar-refractivity contribution is -0.141. The van der Waals surface area contributed by atoms with Gasteiger partial charge in [0.2, 0.25) is 5.91 Å². The summed E-state index contributed by atoms with van der Waals surface area (Å²) in [5.41, 5.74) is 0.661. The number of anilines is 1. The predicted octanol–water partition coefficient (Wildman–Crippen LogP) is 1.82. The van der Waals surface area contributed by atoms with Gasteiger partial charge >= 0.3 is 11.9 Å². The van der Waals surface area contributed by atoms with Gasteiger partial charge in [0.25, 0.3) is 0 Å². The van der Waals surface area contributed by atoms with E-state index < -0.39 is 17.9 Å². The molecule has 20 heavy (non-hydrogen) atoms. The van der Waals surface area contributed by atoms with E-state index in [4.69, 9.17) is 10.2 Å². The minimum Gasteiger partial charge on any atom is -0.481 e. The number of aromatic carboxylic acids is 1. The Morgan fingerprint density at radius 1 is 1.00 bits per heavy atom. The van der Waals surface area contributed by atoms with E-state index in [9.17, 15) is 14.4 Å². The molecule has 0 radical (unpaired) electrons. The van der Waals surface area contributed by atoms with Crippen molar-refractivity contribution < 1.29 is 24.6 Å². The minimum atomic E-state index is -1.03. The van der Waals surface area contributed by atoms with Crippen molar-refractivity contribution in [2.75, 3.05) is 5.32 Å². The van der Waals surface area contributed by atoms with Gasteiger partial charge in [-0.1, -0.05) is 0 Å². The predicted molar refractivity (Wildman–Crippen MR) is 70.5 cm³/mol. The molecule has 1 fully saturated rings. The highest BCUT2D eigenvalue weighted by atomic mass is 16.4. The summed E-state index contributed by atoms with van der Waals surface area (Å²) in [7, 11) is 0. The molecule has 1 aliphatic carbocycles. The Morgan fingerprint density at radius 2 is 1.60 bits per heavy atom. The summed E-state index contributed by atoms with van der Waals surface area (Å²) in [4.78, 5) is 33.5. The fraction of sp³-hybridized carbons (Fsp3) is 0.357. The molecule has 2 rings (SSSR count). The first-order chi connectivity index (χ1) is 9.47. The van der Waals surface area contributed by atoms with E-state index in [0.29, 0.717) is 24.9 Å². The van der Waals surface area contributed by atoms with Gasteiger partial charge in [-0.2, -0.15) is 0 Å². The van der Waals surface area contributed by atoms with Crippen LogP contribution in [0.2, 0.25) is 0 Å². The second-order valence-corrected chi connectivity index (χ2v) is 4.92. The summed E-state index contributed by atoms with van der Waals surface area (Å²) in [5.74, 6) is -2.83. The van der Waals surface area contributed by atoms with Crippen LogP contribution in [0.3, 0.4) is 0 Å². The van der Waals surface area contributed by atoms with E-state index in [1.165, 1.54) is 24.3 Å². The van der Waals surface area contributed by atoms with Crippen LogP contribution < -0.4 is 5.32 Å². The Hall–Kier alpha value is -2.37. The van der Waals surface area contributed by atoms with Gasteiger partial charge in [-0.05, 0) is 43.5 Å². The number of carbonyl (C=O) groups is 3. The molecule has 1 amide bonds. The van der Waals surface area contributed by atoms with Crippen LogP contribution in [-0.4, -0.2) is 28.1 Å². The second-order valence-electron chi connectivity index (χ2n) is 4.92. The van der Waals surface area contributed by atoms with Crippen molar-refractivity contribution in [1.29, 1.82) is 0 Å². The van der Waals surface area contributed by atoms with Crippen LogP contribution in [0.1, 0.15) is 29.6 Å². The summed E-state index contributed by atoms with van der Waals surface area (Å²) in [5, 5.41) is 20.4. The maximum atomic E-state index is 12.0. The maximum absolute atomic E-state index is 12.0. The van der Waals surface area contributed by atoms with Crippen molar-refractivity contribution in [2.45, 2.75) is 19.3 Å². The van der Waals surface area contributed by atoms with Crippen LogP contribution in [-0.2, 0) is 9.59 Å². The summed E-state index contributed by atoms with van der Waals surface area (Å²) in [6.07, 6.45) is 1.44. The average Bonchev–Trinajstić information content (AvgIpc) is 2.89. The van der Waals surface area contributed by atoms with Crippen LogP contribution in [0.4, 0.5) is 5.69 Å². The number of carboxylic acid groups (broad SMARTS) is 2. The number of aliphatic carboxylic acids is 1. The molecule has 1 aromatic rings. The van der Waals surface area contributed by atoms with Gasteiger partial charge in [0, 0.05) is 11.6 Å². The SMILES string of the molecule is O=C(O)c1ccc(NC(=O)C2CCC(C(=O)O)C2)cc1. The molecule has 2 atom stereocenters. The number of hydrogen-bond acceptors (Lipinski definition) is 3. The molecule has 1 aromatic carbocycles. The first kappa shape index (κ1) is 14.0. The molecular formula is C14H15NO5. The Kier molecular flexibility index (Phi) is 4.02. The molecule has 0 spiro atoms. The number of amides is 1. The molecule has 2 unspecified atom stereocenters. The van der Waals surface area contributed by atoms with Gasteiger partial charge < -0.3 is 15.5 Å². The smallest absolute Gasteiger partial charge is 0.335 e. The van der Waals surface area contributed by atoms with E-state index in [2.05, 4.69) is 5.32 Å². The lowest BCUT2D eigenvalue weighted by atomic mass is 10.0. The van der Waals surface area contributed by atoms with E-state index in [1.54, 1.807) is 0 Å². The molecule has 6 heteroatoms. The van der Waals surface area contributed by atoms with Gasteiger partial charge in [-0.3, -0.25) is 9.59 Å².